The minimum absolute atomic E-state index is 0.0190. The van der Waals surface area contributed by atoms with Crippen molar-refractivity contribution in [2.24, 2.45) is 0 Å². The van der Waals surface area contributed by atoms with E-state index in [1.54, 1.807) is 6.20 Å². The summed E-state index contributed by atoms with van der Waals surface area (Å²) < 4.78 is 13.5. The summed E-state index contributed by atoms with van der Waals surface area (Å²) in [6.45, 7) is 3.65. The molecule has 0 fully saturated rings. The highest BCUT2D eigenvalue weighted by molar-refractivity contribution is 9.10. The number of nitrogens with zero attached hydrogens (tertiary/aromatic N) is 1. The zero-order valence-electron chi connectivity index (χ0n) is 7.92. The molecule has 0 amide bonds. The lowest BCUT2D eigenvalue weighted by molar-refractivity contribution is 0.264. The second-order valence-electron chi connectivity index (χ2n) is 3.46. The highest BCUT2D eigenvalue weighted by atomic mass is 79.9. The quantitative estimate of drug-likeness (QED) is 0.864. The molecular formula is C9H11BrFNOS. The molecule has 0 bridgehead atoms. The van der Waals surface area contributed by atoms with Gasteiger partial charge in [0.15, 0.2) is 5.82 Å². The lowest BCUT2D eigenvalue weighted by Crippen LogP contribution is -2.20. The Hall–Kier alpha value is -0.130. The van der Waals surface area contributed by atoms with Gasteiger partial charge in [-0.2, -0.15) is 0 Å². The summed E-state index contributed by atoms with van der Waals surface area (Å²) in [5.74, 6) is -0.370. The van der Waals surface area contributed by atoms with E-state index in [9.17, 15) is 4.39 Å². The van der Waals surface area contributed by atoms with E-state index in [0.717, 1.165) is 0 Å². The smallest absolute Gasteiger partial charge is 0.156 e. The van der Waals surface area contributed by atoms with E-state index in [0.29, 0.717) is 9.50 Å². The molecule has 0 spiro atoms. The average Bonchev–Trinajstić information content (AvgIpc) is 2.10. The molecule has 0 aliphatic carbocycles. The molecule has 1 heterocycles. The molecular weight excluding hydrogens is 269 g/mol. The molecule has 1 N–H and O–H groups in total. The van der Waals surface area contributed by atoms with Crippen LogP contribution in [-0.4, -0.2) is 21.4 Å². The third-order valence-electron chi connectivity index (χ3n) is 1.53. The molecule has 0 aromatic carbocycles. The molecule has 1 aromatic heterocycles. The van der Waals surface area contributed by atoms with Crippen molar-refractivity contribution in [3.63, 3.8) is 0 Å². The maximum Gasteiger partial charge on any atom is 0.156 e. The fourth-order valence-corrected chi connectivity index (χ4v) is 1.92. The van der Waals surface area contributed by atoms with Gasteiger partial charge in [-0.25, -0.2) is 9.37 Å². The molecule has 0 atom stereocenters. The van der Waals surface area contributed by atoms with E-state index < -0.39 is 4.75 Å². The summed E-state index contributed by atoms with van der Waals surface area (Å²) in [5, 5.41) is 9.33. The van der Waals surface area contributed by atoms with Crippen LogP contribution in [0.25, 0.3) is 0 Å². The molecule has 78 valence electrons. The summed E-state index contributed by atoms with van der Waals surface area (Å²) in [4.78, 5) is 3.94. The van der Waals surface area contributed by atoms with Crippen LogP contribution in [0.15, 0.2) is 21.8 Å². The number of thioether (sulfide) groups is 1. The lowest BCUT2D eigenvalue weighted by Gasteiger charge is -2.20. The summed E-state index contributed by atoms with van der Waals surface area (Å²) in [5.41, 5.74) is 0. The number of aliphatic hydroxyl groups excluding tert-OH is 1. The van der Waals surface area contributed by atoms with Crippen molar-refractivity contribution in [3.05, 3.63) is 22.6 Å². The SMILES string of the molecule is CC(C)(CO)Sc1ncc(Br)cc1F. The first-order chi connectivity index (χ1) is 6.44. The van der Waals surface area contributed by atoms with Crippen LogP contribution in [0.5, 0.6) is 0 Å². The Bertz CT molecular complexity index is 333. The highest BCUT2D eigenvalue weighted by Crippen LogP contribution is 2.32. The van der Waals surface area contributed by atoms with E-state index in [1.165, 1.54) is 17.8 Å². The van der Waals surface area contributed by atoms with Crippen molar-refractivity contribution in [3.8, 4) is 0 Å². The van der Waals surface area contributed by atoms with Gasteiger partial charge in [0.05, 0.1) is 6.61 Å². The van der Waals surface area contributed by atoms with Crippen molar-refractivity contribution in [2.45, 2.75) is 23.6 Å². The second kappa shape index (κ2) is 4.59. The Morgan fingerprint density at radius 2 is 2.29 bits per heavy atom. The Morgan fingerprint density at radius 1 is 1.64 bits per heavy atom. The van der Waals surface area contributed by atoms with E-state index >= 15 is 0 Å². The Kier molecular flexibility index (Phi) is 3.92. The van der Waals surface area contributed by atoms with Gasteiger partial charge in [-0.3, -0.25) is 0 Å². The van der Waals surface area contributed by atoms with Gasteiger partial charge >= 0.3 is 0 Å². The monoisotopic (exact) mass is 279 g/mol. The third-order valence-corrected chi connectivity index (χ3v) is 3.14. The van der Waals surface area contributed by atoms with Crippen molar-refractivity contribution in [1.82, 2.24) is 4.98 Å². The number of aliphatic hydroxyl groups is 1. The highest BCUT2D eigenvalue weighted by Gasteiger charge is 2.21. The van der Waals surface area contributed by atoms with Crippen LogP contribution in [0.3, 0.4) is 0 Å². The fourth-order valence-electron chi connectivity index (χ4n) is 0.771. The summed E-state index contributed by atoms with van der Waals surface area (Å²) in [6.07, 6.45) is 1.54. The van der Waals surface area contributed by atoms with E-state index in [1.807, 2.05) is 13.8 Å². The lowest BCUT2D eigenvalue weighted by atomic mass is 10.2. The van der Waals surface area contributed by atoms with Crippen LogP contribution in [0, 0.1) is 5.82 Å². The van der Waals surface area contributed by atoms with Gasteiger partial charge < -0.3 is 5.11 Å². The second-order valence-corrected chi connectivity index (χ2v) is 6.07. The number of rotatable bonds is 3. The topological polar surface area (TPSA) is 33.1 Å². The first kappa shape index (κ1) is 11.9. The normalized spacial score (nSPS) is 11.8. The maximum atomic E-state index is 13.3. The molecule has 1 aromatic rings. The molecule has 0 unspecified atom stereocenters. The van der Waals surface area contributed by atoms with Gasteiger partial charge in [-0.05, 0) is 35.8 Å². The first-order valence-corrected chi connectivity index (χ1v) is 5.66. The van der Waals surface area contributed by atoms with Gasteiger partial charge in [0.25, 0.3) is 0 Å². The van der Waals surface area contributed by atoms with Crippen LogP contribution in [-0.2, 0) is 0 Å². The van der Waals surface area contributed by atoms with E-state index in [4.69, 9.17) is 5.11 Å². The van der Waals surface area contributed by atoms with E-state index in [-0.39, 0.29) is 12.4 Å². The Balaban J connectivity index is 2.87. The molecule has 2 nitrogen and oxygen atoms in total. The number of hydrogen-bond acceptors (Lipinski definition) is 3. The van der Waals surface area contributed by atoms with Crippen molar-refractivity contribution in [1.29, 1.82) is 0 Å². The van der Waals surface area contributed by atoms with Gasteiger partial charge in [-0.1, -0.05) is 11.8 Å². The minimum Gasteiger partial charge on any atom is -0.395 e. The number of hydrogen-bond donors (Lipinski definition) is 1. The van der Waals surface area contributed by atoms with Crippen LogP contribution >= 0.6 is 27.7 Å². The Morgan fingerprint density at radius 3 is 2.79 bits per heavy atom. The molecule has 1 rings (SSSR count). The van der Waals surface area contributed by atoms with E-state index in [2.05, 4.69) is 20.9 Å². The van der Waals surface area contributed by atoms with Crippen molar-refractivity contribution >= 4 is 27.7 Å². The minimum atomic E-state index is -0.415. The molecule has 0 saturated carbocycles. The maximum absolute atomic E-state index is 13.3. The third kappa shape index (κ3) is 3.22. The van der Waals surface area contributed by atoms with Crippen LogP contribution in [0.2, 0.25) is 0 Å². The number of pyridine rings is 1. The molecule has 0 aliphatic heterocycles. The fraction of sp³-hybridized carbons (Fsp3) is 0.444. The Labute approximate surface area is 95.1 Å². The standard InChI is InChI=1S/C9H11BrFNOS/c1-9(2,5-13)14-8-7(11)3-6(10)4-12-8/h3-4,13H,5H2,1-2H3. The zero-order chi connectivity index (χ0) is 10.8. The van der Waals surface area contributed by atoms with Crippen molar-refractivity contribution in [2.75, 3.05) is 6.61 Å². The zero-order valence-corrected chi connectivity index (χ0v) is 10.3. The van der Waals surface area contributed by atoms with Crippen LogP contribution in [0.1, 0.15) is 13.8 Å². The predicted octanol–water partition coefficient (Wildman–Crippen LogP) is 2.85. The number of halogens is 2. The van der Waals surface area contributed by atoms with Crippen molar-refractivity contribution < 1.29 is 9.50 Å². The van der Waals surface area contributed by atoms with Gasteiger partial charge in [0, 0.05) is 15.4 Å². The number of aromatic nitrogens is 1. The average molecular weight is 280 g/mol. The molecule has 14 heavy (non-hydrogen) atoms. The first-order valence-electron chi connectivity index (χ1n) is 4.05. The van der Waals surface area contributed by atoms with Crippen LogP contribution in [0.4, 0.5) is 4.39 Å². The van der Waals surface area contributed by atoms with Gasteiger partial charge in [0.1, 0.15) is 5.03 Å². The summed E-state index contributed by atoms with van der Waals surface area (Å²) in [6, 6.07) is 1.36. The molecule has 5 heteroatoms. The largest absolute Gasteiger partial charge is 0.395 e. The predicted molar refractivity (Wildman–Crippen MR) is 58.9 cm³/mol. The van der Waals surface area contributed by atoms with Gasteiger partial charge in [0.2, 0.25) is 0 Å². The molecule has 0 saturated heterocycles. The summed E-state index contributed by atoms with van der Waals surface area (Å²) in [7, 11) is 0. The van der Waals surface area contributed by atoms with Crippen LogP contribution < -0.4 is 0 Å². The van der Waals surface area contributed by atoms with Gasteiger partial charge in [-0.15, -0.1) is 0 Å². The molecule has 0 aliphatic rings. The molecule has 0 radical (unpaired) electrons. The summed E-state index contributed by atoms with van der Waals surface area (Å²) >= 11 is 4.36.